The molecule has 2 aromatic rings. The van der Waals surface area contributed by atoms with Crippen molar-refractivity contribution in [3.63, 3.8) is 0 Å². The number of carbonyl (C=O) groups is 1. The van der Waals surface area contributed by atoms with Gasteiger partial charge in [-0.1, -0.05) is 36.4 Å². The molecular formula is C19H24N2OS. The van der Waals surface area contributed by atoms with Gasteiger partial charge >= 0.3 is 6.03 Å². The van der Waals surface area contributed by atoms with Gasteiger partial charge in [0.25, 0.3) is 0 Å². The Morgan fingerprint density at radius 3 is 2.43 bits per heavy atom. The van der Waals surface area contributed by atoms with Gasteiger partial charge in [-0.3, -0.25) is 0 Å². The molecule has 0 spiro atoms. The molecule has 0 aliphatic carbocycles. The Morgan fingerprint density at radius 2 is 1.70 bits per heavy atom. The third-order valence-corrected chi connectivity index (χ3v) is 4.76. The summed E-state index contributed by atoms with van der Waals surface area (Å²) in [4.78, 5) is 12.0. The zero-order valence-electron chi connectivity index (χ0n) is 14.0. The number of anilines is 1. The highest BCUT2D eigenvalue weighted by molar-refractivity contribution is 7.98. The number of benzene rings is 2. The molecule has 23 heavy (non-hydrogen) atoms. The molecule has 0 aliphatic heterocycles. The fourth-order valence-corrected chi connectivity index (χ4v) is 3.08. The summed E-state index contributed by atoms with van der Waals surface area (Å²) >= 11 is 1.82. The van der Waals surface area contributed by atoms with Crippen LogP contribution in [0.5, 0.6) is 0 Å². The Hall–Kier alpha value is -1.94. The average Bonchev–Trinajstić information content (AvgIpc) is 2.53. The molecule has 0 fully saturated rings. The maximum Gasteiger partial charge on any atom is 0.319 e. The number of thioether (sulfide) groups is 1. The summed E-state index contributed by atoms with van der Waals surface area (Å²) in [7, 11) is 0. The Bertz CT molecular complexity index is 656. The summed E-state index contributed by atoms with van der Waals surface area (Å²) in [6.45, 7) is 6.80. The number of rotatable bonds is 6. The first-order valence-corrected chi connectivity index (χ1v) is 8.96. The van der Waals surface area contributed by atoms with Crippen LogP contribution in [0.25, 0.3) is 0 Å². The monoisotopic (exact) mass is 328 g/mol. The van der Waals surface area contributed by atoms with Gasteiger partial charge in [0.1, 0.15) is 0 Å². The number of aryl methyl sites for hydroxylation is 3. The molecule has 0 radical (unpaired) electrons. The molecule has 2 amide bonds. The van der Waals surface area contributed by atoms with E-state index in [1.54, 1.807) is 0 Å². The van der Waals surface area contributed by atoms with Crippen molar-refractivity contribution in [2.24, 2.45) is 0 Å². The van der Waals surface area contributed by atoms with Crippen LogP contribution in [0, 0.1) is 20.8 Å². The lowest BCUT2D eigenvalue weighted by molar-refractivity contribution is 0.252. The molecule has 0 heterocycles. The van der Waals surface area contributed by atoms with Crippen LogP contribution in [-0.4, -0.2) is 18.3 Å². The Balaban J connectivity index is 1.70. The Labute approximate surface area is 142 Å². The molecule has 0 bridgehead atoms. The number of hydrogen-bond donors (Lipinski definition) is 2. The predicted molar refractivity (Wildman–Crippen MR) is 100 cm³/mol. The van der Waals surface area contributed by atoms with Gasteiger partial charge in [-0.15, -0.1) is 0 Å². The molecule has 2 N–H and O–H groups in total. The van der Waals surface area contributed by atoms with E-state index in [0.29, 0.717) is 6.54 Å². The number of urea groups is 1. The molecule has 2 aromatic carbocycles. The average molecular weight is 328 g/mol. The number of amides is 2. The van der Waals surface area contributed by atoms with Crippen LogP contribution in [0.1, 0.15) is 22.3 Å². The first kappa shape index (κ1) is 17.4. The van der Waals surface area contributed by atoms with E-state index in [0.717, 1.165) is 22.8 Å². The first-order valence-electron chi connectivity index (χ1n) is 7.80. The molecule has 3 nitrogen and oxygen atoms in total. The minimum absolute atomic E-state index is 0.142. The third-order valence-electron chi connectivity index (χ3n) is 3.73. The van der Waals surface area contributed by atoms with Crippen molar-refractivity contribution in [1.29, 1.82) is 0 Å². The largest absolute Gasteiger partial charge is 0.337 e. The lowest BCUT2D eigenvalue weighted by atomic mass is 10.1. The highest BCUT2D eigenvalue weighted by atomic mass is 32.2. The van der Waals surface area contributed by atoms with Crippen molar-refractivity contribution in [3.8, 4) is 0 Å². The molecule has 0 atom stereocenters. The molecule has 0 saturated carbocycles. The quantitative estimate of drug-likeness (QED) is 0.757. The third kappa shape index (κ3) is 5.64. The summed E-state index contributed by atoms with van der Waals surface area (Å²) in [5.74, 6) is 1.87. The maximum absolute atomic E-state index is 12.0. The van der Waals surface area contributed by atoms with Gasteiger partial charge in [0.05, 0.1) is 0 Å². The van der Waals surface area contributed by atoms with Gasteiger partial charge in [0.15, 0.2) is 0 Å². The fraction of sp³-hybridized carbons (Fsp3) is 0.316. The van der Waals surface area contributed by atoms with Gasteiger partial charge in [0, 0.05) is 23.7 Å². The van der Waals surface area contributed by atoms with E-state index in [1.165, 1.54) is 16.7 Å². The molecule has 0 saturated heterocycles. The smallest absolute Gasteiger partial charge is 0.319 e. The topological polar surface area (TPSA) is 41.1 Å². The van der Waals surface area contributed by atoms with Gasteiger partial charge < -0.3 is 10.6 Å². The highest BCUT2D eigenvalue weighted by Gasteiger charge is 2.05. The Morgan fingerprint density at radius 1 is 1.00 bits per heavy atom. The van der Waals surface area contributed by atoms with Crippen LogP contribution in [0.3, 0.4) is 0 Å². The summed E-state index contributed by atoms with van der Waals surface area (Å²) in [5.41, 5.74) is 5.70. The first-order chi connectivity index (χ1) is 11.1. The second-order valence-corrected chi connectivity index (χ2v) is 6.78. The summed E-state index contributed by atoms with van der Waals surface area (Å²) in [6.07, 6.45) is 0. The zero-order valence-corrected chi connectivity index (χ0v) is 14.8. The van der Waals surface area contributed by atoms with E-state index >= 15 is 0 Å². The van der Waals surface area contributed by atoms with Crippen molar-refractivity contribution in [1.82, 2.24) is 5.32 Å². The van der Waals surface area contributed by atoms with E-state index in [-0.39, 0.29) is 6.03 Å². The van der Waals surface area contributed by atoms with Crippen molar-refractivity contribution >= 4 is 23.5 Å². The second-order valence-electron chi connectivity index (χ2n) is 5.67. The number of hydrogen-bond acceptors (Lipinski definition) is 2. The van der Waals surface area contributed by atoms with Crippen molar-refractivity contribution in [2.75, 3.05) is 17.6 Å². The van der Waals surface area contributed by atoms with Crippen LogP contribution in [0.15, 0.2) is 42.5 Å². The van der Waals surface area contributed by atoms with Crippen LogP contribution in [0.2, 0.25) is 0 Å². The normalized spacial score (nSPS) is 10.4. The lowest BCUT2D eigenvalue weighted by Gasteiger charge is -2.12. The van der Waals surface area contributed by atoms with Gasteiger partial charge in [-0.2, -0.15) is 11.8 Å². The van der Waals surface area contributed by atoms with E-state index in [4.69, 9.17) is 0 Å². The minimum Gasteiger partial charge on any atom is -0.337 e. The summed E-state index contributed by atoms with van der Waals surface area (Å²) < 4.78 is 0. The molecule has 2 rings (SSSR count). The number of carbonyl (C=O) groups excluding carboxylic acids is 1. The van der Waals surface area contributed by atoms with E-state index < -0.39 is 0 Å². The van der Waals surface area contributed by atoms with Crippen molar-refractivity contribution in [2.45, 2.75) is 26.5 Å². The lowest BCUT2D eigenvalue weighted by Crippen LogP contribution is -2.30. The Kier molecular flexibility index (Phi) is 6.53. The fourth-order valence-electron chi connectivity index (χ4n) is 2.26. The van der Waals surface area contributed by atoms with Crippen molar-refractivity contribution < 1.29 is 4.79 Å². The van der Waals surface area contributed by atoms with Gasteiger partial charge in [0.2, 0.25) is 0 Å². The molecule has 122 valence electrons. The SMILES string of the molecule is Cc1cc(C)c(NC(=O)NCCSCc2ccccc2)cc1C. The summed E-state index contributed by atoms with van der Waals surface area (Å²) in [6, 6.07) is 14.3. The standard InChI is InChI=1S/C19H24N2OS/c1-14-11-16(3)18(12-15(14)2)21-19(22)20-9-10-23-13-17-7-5-4-6-8-17/h4-8,11-12H,9-10,13H2,1-3H3,(H2,20,21,22). The number of nitrogens with one attached hydrogen (secondary N) is 2. The molecule has 0 unspecified atom stereocenters. The van der Waals surface area contributed by atoms with E-state index in [2.05, 4.69) is 42.7 Å². The van der Waals surface area contributed by atoms with E-state index in [1.807, 2.05) is 43.0 Å². The maximum atomic E-state index is 12.0. The van der Waals surface area contributed by atoms with Crippen LogP contribution >= 0.6 is 11.8 Å². The molecular weight excluding hydrogens is 304 g/mol. The van der Waals surface area contributed by atoms with Gasteiger partial charge in [-0.25, -0.2) is 4.79 Å². The van der Waals surface area contributed by atoms with Gasteiger partial charge in [-0.05, 0) is 49.1 Å². The molecule has 0 aromatic heterocycles. The summed E-state index contributed by atoms with van der Waals surface area (Å²) in [5, 5.41) is 5.84. The van der Waals surface area contributed by atoms with E-state index in [9.17, 15) is 4.79 Å². The van der Waals surface area contributed by atoms with Crippen LogP contribution < -0.4 is 10.6 Å². The molecule has 4 heteroatoms. The molecule has 0 aliphatic rings. The highest BCUT2D eigenvalue weighted by Crippen LogP contribution is 2.19. The van der Waals surface area contributed by atoms with Crippen LogP contribution in [0.4, 0.5) is 10.5 Å². The van der Waals surface area contributed by atoms with Crippen molar-refractivity contribution in [3.05, 3.63) is 64.7 Å². The van der Waals surface area contributed by atoms with Crippen LogP contribution in [-0.2, 0) is 5.75 Å². The zero-order chi connectivity index (χ0) is 16.7. The predicted octanol–water partition coefficient (Wildman–Crippen LogP) is 4.67. The second kappa shape index (κ2) is 8.63. The minimum atomic E-state index is -0.142.